The van der Waals surface area contributed by atoms with Crippen molar-refractivity contribution in [2.24, 2.45) is 0 Å². The smallest absolute Gasteiger partial charge is 0.418 e. The minimum absolute atomic E-state index is 0.0661. The molecule has 90 valence electrons. The highest BCUT2D eigenvalue weighted by Crippen LogP contribution is 2.32. The zero-order valence-corrected chi connectivity index (χ0v) is 8.62. The van der Waals surface area contributed by atoms with Gasteiger partial charge in [-0.3, -0.25) is 4.55 Å². The van der Waals surface area contributed by atoms with Gasteiger partial charge in [-0.05, 0) is 0 Å². The first-order chi connectivity index (χ1) is 7.29. The summed E-state index contributed by atoms with van der Waals surface area (Å²) in [4.78, 5) is 23.1. The molecule has 2 rings (SSSR count). The molecule has 0 aromatic heterocycles. The molecular weight excluding hydrogens is 244 g/mol. The monoisotopic (exact) mass is 252 g/mol. The average molecular weight is 252 g/mol. The van der Waals surface area contributed by atoms with E-state index in [1.165, 1.54) is 0 Å². The van der Waals surface area contributed by atoms with Gasteiger partial charge in [0.15, 0.2) is 0 Å². The summed E-state index contributed by atoms with van der Waals surface area (Å²) in [7, 11) is -4.77. The van der Waals surface area contributed by atoms with Crippen LogP contribution in [0.25, 0.3) is 0 Å². The molecule has 0 aliphatic carbocycles. The number of hydrogen-bond acceptors (Lipinski definition) is 5. The highest BCUT2D eigenvalue weighted by molar-refractivity contribution is 7.80. The highest BCUT2D eigenvalue weighted by Gasteiger charge is 2.53. The highest BCUT2D eigenvalue weighted by atomic mass is 32.3. The Bertz CT molecular complexity index is 446. The predicted octanol–water partition coefficient (Wildman–Crippen LogP) is -1.32. The number of hydrogen-bond donors (Lipinski definition) is 2. The molecule has 10 heteroatoms. The second-order valence-corrected chi connectivity index (χ2v) is 4.51. The van der Waals surface area contributed by atoms with Crippen molar-refractivity contribution in [3.63, 3.8) is 0 Å². The summed E-state index contributed by atoms with van der Waals surface area (Å²) < 4.78 is 33.3. The number of carbonyl (C=O) groups excluding carboxylic acids is 1. The molecule has 2 aliphatic heterocycles. The van der Waals surface area contributed by atoms with Gasteiger partial charge in [-0.15, -0.1) is 4.28 Å². The normalized spacial score (nSPS) is 28.9. The first-order valence-corrected chi connectivity index (χ1v) is 5.66. The van der Waals surface area contributed by atoms with Crippen molar-refractivity contribution in [3.8, 4) is 0 Å². The number of amides is 2. The maximum Gasteiger partial charge on any atom is 0.418 e. The Kier molecular flexibility index (Phi) is 2.29. The van der Waals surface area contributed by atoms with E-state index in [9.17, 15) is 18.0 Å². The largest absolute Gasteiger partial charge is 0.480 e. The second-order valence-electron chi connectivity index (χ2n) is 3.51. The average Bonchev–Trinajstić information content (AvgIpc) is 2.64. The third-order valence-electron chi connectivity index (χ3n) is 2.50. The molecule has 16 heavy (non-hydrogen) atoms. The van der Waals surface area contributed by atoms with Crippen LogP contribution in [0.3, 0.4) is 0 Å². The van der Waals surface area contributed by atoms with E-state index in [0.29, 0.717) is 5.06 Å². The van der Waals surface area contributed by atoms with Crippen molar-refractivity contribution in [3.05, 3.63) is 0 Å². The number of hydroxylamine groups is 2. The van der Waals surface area contributed by atoms with Gasteiger partial charge in [-0.1, -0.05) is 0 Å². The summed E-state index contributed by atoms with van der Waals surface area (Å²) >= 11 is 0. The number of carbonyl (C=O) groups is 2. The summed E-state index contributed by atoms with van der Waals surface area (Å²) in [6.07, 6.45) is 0.0661. The molecule has 2 aliphatic rings. The summed E-state index contributed by atoms with van der Waals surface area (Å²) in [5.41, 5.74) is 0. The van der Waals surface area contributed by atoms with E-state index in [0.717, 1.165) is 4.90 Å². The fraction of sp³-hybridized carbons (Fsp3) is 0.667. The summed E-state index contributed by atoms with van der Waals surface area (Å²) in [6.45, 7) is 0.0747. The molecule has 2 atom stereocenters. The minimum Gasteiger partial charge on any atom is -0.480 e. The van der Waals surface area contributed by atoms with E-state index in [-0.39, 0.29) is 13.0 Å². The van der Waals surface area contributed by atoms with Gasteiger partial charge in [-0.25, -0.2) is 9.59 Å². The predicted molar refractivity (Wildman–Crippen MR) is 46.4 cm³/mol. The van der Waals surface area contributed by atoms with E-state index in [1.54, 1.807) is 0 Å². The van der Waals surface area contributed by atoms with Crippen molar-refractivity contribution in [2.45, 2.75) is 18.5 Å². The Morgan fingerprint density at radius 3 is 2.56 bits per heavy atom. The van der Waals surface area contributed by atoms with Crippen LogP contribution >= 0.6 is 0 Å². The zero-order valence-electron chi connectivity index (χ0n) is 7.81. The molecule has 1 unspecified atom stereocenters. The number of urea groups is 1. The molecule has 2 N–H and O–H groups in total. The number of rotatable bonds is 3. The summed E-state index contributed by atoms with van der Waals surface area (Å²) in [6, 6.07) is -2.50. The summed E-state index contributed by atoms with van der Waals surface area (Å²) in [5.74, 6) is -1.15. The first-order valence-electron chi connectivity index (χ1n) is 4.29. The number of fused-ring (bicyclic) bond motifs is 2. The molecule has 0 radical (unpaired) electrons. The molecule has 0 aromatic rings. The van der Waals surface area contributed by atoms with Gasteiger partial charge in [0, 0.05) is 13.0 Å². The minimum atomic E-state index is -4.77. The quantitative estimate of drug-likeness (QED) is 0.597. The van der Waals surface area contributed by atoms with Gasteiger partial charge in [0.1, 0.15) is 6.04 Å². The second kappa shape index (κ2) is 3.30. The van der Waals surface area contributed by atoms with Crippen LogP contribution in [0, 0.1) is 0 Å². The van der Waals surface area contributed by atoms with E-state index >= 15 is 0 Å². The lowest BCUT2D eigenvalue weighted by Gasteiger charge is -2.27. The molecule has 0 spiro atoms. The molecule has 2 amide bonds. The van der Waals surface area contributed by atoms with Crippen molar-refractivity contribution >= 4 is 22.4 Å². The Labute approximate surface area is 90.1 Å². The molecule has 2 heterocycles. The molecule has 9 nitrogen and oxygen atoms in total. The van der Waals surface area contributed by atoms with Crippen LogP contribution in [-0.4, -0.2) is 58.7 Å². The standard InChI is InChI=1S/C6H8N2O7S/c9-5(10)4-1-3-2-7(4)6(11)8(3)15-16(12,13)14/h3-4H,1-2H2,(H,9,10)(H,12,13,14)/t3-,4?/m0/s1. The van der Waals surface area contributed by atoms with Crippen LogP contribution < -0.4 is 0 Å². The number of carboxylic acids is 1. The SMILES string of the molecule is O=C(O)C1C[C@H]2CN1C(=O)N2OS(=O)(=O)O. The van der Waals surface area contributed by atoms with E-state index in [1.807, 2.05) is 0 Å². The number of aliphatic carboxylic acids is 1. The fourth-order valence-corrected chi connectivity index (χ4v) is 2.29. The molecule has 2 bridgehead atoms. The Morgan fingerprint density at radius 1 is 1.50 bits per heavy atom. The van der Waals surface area contributed by atoms with Gasteiger partial charge in [0.05, 0.1) is 6.04 Å². The van der Waals surface area contributed by atoms with Crippen LogP contribution in [0.2, 0.25) is 0 Å². The number of nitrogens with zero attached hydrogens (tertiary/aromatic N) is 2. The third-order valence-corrected chi connectivity index (χ3v) is 2.85. The Morgan fingerprint density at radius 2 is 2.12 bits per heavy atom. The fourth-order valence-electron chi connectivity index (χ4n) is 1.91. The lowest BCUT2D eigenvalue weighted by Crippen LogP contribution is -2.48. The molecule has 0 aromatic carbocycles. The topological polar surface area (TPSA) is 124 Å². The molecular formula is C6H8N2O7S. The first kappa shape index (κ1) is 11.1. The summed E-state index contributed by atoms with van der Waals surface area (Å²) in [5, 5.41) is 9.23. The van der Waals surface area contributed by atoms with Crippen LogP contribution in [0.4, 0.5) is 4.79 Å². The van der Waals surface area contributed by atoms with Crippen molar-refractivity contribution in [1.29, 1.82) is 0 Å². The maximum atomic E-state index is 11.4. The van der Waals surface area contributed by atoms with Crippen LogP contribution in [-0.2, 0) is 19.5 Å². The lowest BCUT2D eigenvalue weighted by atomic mass is 10.1. The van der Waals surface area contributed by atoms with Gasteiger partial charge in [-0.2, -0.15) is 13.5 Å². The van der Waals surface area contributed by atoms with E-state index < -0.39 is 34.5 Å². The molecule has 2 fully saturated rings. The Balaban J connectivity index is 2.15. The number of carboxylic acid groups (broad SMARTS) is 1. The molecule has 0 saturated carbocycles. The van der Waals surface area contributed by atoms with Crippen LogP contribution in [0.5, 0.6) is 0 Å². The van der Waals surface area contributed by atoms with Gasteiger partial charge in [0.2, 0.25) is 0 Å². The zero-order chi connectivity index (χ0) is 12.1. The third kappa shape index (κ3) is 1.70. The van der Waals surface area contributed by atoms with Crippen LogP contribution in [0.1, 0.15) is 6.42 Å². The van der Waals surface area contributed by atoms with Crippen molar-refractivity contribution in [1.82, 2.24) is 9.96 Å². The van der Waals surface area contributed by atoms with Gasteiger partial charge in [0.25, 0.3) is 0 Å². The Hall–Kier alpha value is -1.39. The van der Waals surface area contributed by atoms with Gasteiger partial charge < -0.3 is 10.0 Å². The van der Waals surface area contributed by atoms with Crippen molar-refractivity contribution in [2.75, 3.05) is 6.54 Å². The lowest BCUT2D eigenvalue weighted by molar-refractivity contribution is -0.143. The van der Waals surface area contributed by atoms with Crippen LogP contribution in [0.15, 0.2) is 0 Å². The van der Waals surface area contributed by atoms with E-state index in [2.05, 4.69) is 4.28 Å². The van der Waals surface area contributed by atoms with E-state index in [4.69, 9.17) is 9.66 Å². The maximum absolute atomic E-state index is 11.4. The molecule has 2 saturated heterocycles. The van der Waals surface area contributed by atoms with Gasteiger partial charge >= 0.3 is 22.4 Å². The van der Waals surface area contributed by atoms with Crippen molar-refractivity contribution < 1.29 is 31.9 Å².